The zero-order valence-electron chi connectivity index (χ0n) is 16.8. The van der Waals surface area contributed by atoms with E-state index in [2.05, 4.69) is 15.1 Å². The topological polar surface area (TPSA) is 63.4 Å². The lowest BCUT2D eigenvalue weighted by Gasteiger charge is -2.30. The molecule has 0 atom stereocenters. The number of rotatable bonds is 3. The Morgan fingerprint density at radius 3 is 2.27 bits per heavy atom. The molecule has 30 heavy (non-hydrogen) atoms. The first-order valence-electron chi connectivity index (χ1n) is 9.55. The van der Waals surface area contributed by atoms with E-state index >= 15 is 0 Å². The van der Waals surface area contributed by atoms with Gasteiger partial charge in [-0.1, -0.05) is 47.8 Å². The smallest absolute Gasteiger partial charge is 0.253 e. The van der Waals surface area contributed by atoms with E-state index in [-0.39, 0.29) is 11.7 Å². The third kappa shape index (κ3) is 3.16. The van der Waals surface area contributed by atoms with E-state index in [1.807, 2.05) is 74.2 Å². The van der Waals surface area contributed by atoms with Crippen LogP contribution in [-0.2, 0) is 4.79 Å². The van der Waals surface area contributed by atoms with Crippen molar-refractivity contribution in [3.63, 3.8) is 0 Å². The number of para-hydroxylation sites is 2. The Bertz CT molecular complexity index is 1250. The Hall–Kier alpha value is -2.84. The monoisotopic (exact) mass is 433 g/mol. The number of carbonyl (C=O) groups excluding carboxylic acids is 1. The van der Waals surface area contributed by atoms with Crippen LogP contribution in [0.25, 0.3) is 5.78 Å². The highest BCUT2D eigenvalue weighted by Gasteiger charge is 2.28. The van der Waals surface area contributed by atoms with Crippen molar-refractivity contribution in [2.75, 3.05) is 10.7 Å². The summed E-state index contributed by atoms with van der Waals surface area (Å²) in [4.78, 5) is 26.3. The number of aromatic nitrogens is 4. The van der Waals surface area contributed by atoms with E-state index in [4.69, 9.17) is 0 Å². The quantitative estimate of drug-likeness (QED) is 0.425. The van der Waals surface area contributed by atoms with Gasteiger partial charge < -0.3 is 0 Å². The summed E-state index contributed by atoms with van der Waals surface area (Å²) in [6.45, 7) is 6.00. The second-order valence-electron chi connectivity index (χ2n) is 7.07. The van der Waals surface area contributed by atoms with Crippen LogP contribution in [0, 0.1) is 20.8 Å². The average Bonchev–Trinajstić information content (AvgIpc) is 3.17. The molecule has 1 aliphatic rings. The highest BCUT2D eigenvalue weighted by atomic mass is 32.2. The number of hydrogen-bond acceptors (Lipinski definition) is 6. The van der Waals surface area contributed by atoms with Gasteiger partial charge in [0.2, 0.25) is 11.1 Å². The fourth-order valence-electron chi connectivity index (χ4n) is 3.46. The molecule has 0 saturated carbocycles. The molecule has 150 valence electrons. The van der Waals surface area contributed by atoms with Gasteiger partial charge in [0.25, 0.3) is 5.78 Å². The van der Waals surface area contributed by atoms with Crippen molar-refractivity contribution in [2.45, 2.75) is 35.7 Å². The van der Waals surface area contributed by atoms with Gasteiger partial charge in [-0.15, -0.1) is 5.10 Å². The van der Waals surface area contributed by atoms with Gasteiger partial charge in [-0.3, -0.25) is 9.69 Å². The van der Waals surface area contributed by atoms with E-state index in [0.29, 0.717) is 10.9 Å². The summed E-state index contributed by atoms with van der Waals surface area (Å²) in [5, 5.41) is 5.10. The van der Waals surface area contributed by atoms with Gasteiger partial charge in [0.05, 0.1) is 17.1 Å². The first-order valence-corrected chi connectivity index (χ1v) is 11.4. The fourth-order valence-corrected chi connectivity index (χ4v) is 5.19. The van der Waals surface area contributed by atoms with Crippen molar-refractivity contribution in [3.8, 4) is 0 Å². The minimum Gasteiger partial charge on any atom is -0.278 e. The molecule has 0 unspecified atom stereocenters. The molecule has 0 aliphatic carbocycles. The standard InChI is InChI=1S/C22H19N5OS2/c1-13-14(2)23-21-24-22(25-27(21)15(13)3)29-12-20(28)26-16-8-4-6-10-18(16)30-19-11-7-5-9-17(19)26/h4-11H,12H2,1-3H3. The number of fused-ring (bicyclic) bond motifs is 3. The van der Waals surface area contributed by atoms with Gasteiger partial charge in [0.1, 0.15) is 0 Å². The molecule has 3 heterocycles. The van der Waals surface area contributed by atoms with Crippen molar-refractivity contribution >= 4 is 46.6 Å². The summed E-state index contributed by atoms with van der Waals surface area (Å²) >= 11 is 3.02. The van der Waals surface area contributed by atoms with Crippen LogP contribution in [0.5, 0.6) is 0 Å². The Kier molecular flexibility index (Phi) is 4.75. The average molecular weight is 434 g/mol. The molecule has 5 rings (SSSR count). The SMILES string of the molecule is Cc1nc2nc(SCC(=O)N3c4ccccc4Sc4ccccc43)nn2c(C)c1C. The Morgan fingerprint density at radius 2 is 1.60 bits per heavy atom. The summed E-state index contributed by atoms with van der Waals surface area (Å²) in [6.07, 6.45) is 0. The predicted octanol–water partition coefficient (Wildman–Crippen LogP) is 4.97. The molecular formula is C22H19N5OS2. The Morgan fingerprint density at radius 1 is 0.967 bits per heavy atom. The highest BCUT2D eigenvalue weighted by molar-refractivity contribution is 8.00. The van der Waals surface area contributed by atoms with Crippen LogP contribution >= 0.6 is 23.5 Å². The number of thioether (sulfide) groups is 1. The molecule has 6 nitrogen and oxygen atoms in total. The van der Waals surface area contributed by atoms with Crippen molar-refractivity contribution in [1.82, 2.24) is 19.6 Å². The van der Waals surface area contributed by atoms with Gasteiger partial charge in [0, 0.05) is 21.2 Å². The number of aryl methyl sites for hydroxylation is 2. The number of amides is 1. The number of nitrogens with zero attached hydrogens (tertiary/aromatic N) is 5. The summed E-state index contributed by atoms with van der Waals surface area (Å²) in [5.41, 5.74) is 4.88. The Balaban J connectivity index is 1.44. The van der Waals surface area contributed by atoms with Gasteiger partial charge in [-0.05, 0) is 50.6 Å². The first-order chi connectivity index (χ1) is 14.5. The molecule has 0 radical (unpaired) electrons. The van der Waals surface area contributed by atoms with Crippen LogP contribution < -0.4 is 4.90 Å². The molecular weight excluding hydrogens is 414 g/mol. The maximum absolute atomic E-state index is 13.3. The number of anilines is 2. The lowest BCUT2D eigenvalue weighted by atomic mass is 10.2. The molecule has 1 amide bonds. The summed E-state index contributed by atoms with van der Waals surface area (Å²) in [5.74, 6) is 0.799. The summed E-state index contributed by atoms with van der Waals surface area (Å²) in [7, 11) is 0. The third-order valence-corrected chi connectivity index (χ3v) is 7.20. The van der Waals surface area contributed by atoms with E-state index in [9.17, 15) is 4.79 Å². The van der Waals surface area contributed by atoms with Crippen molar-refractivity contribution < 1.29 is 4.79 Å². The van der Waals surface area contributed by atoms with Crippen LogP contribution in [0.15, 0.2) is 63.5 Å². The van der Waals surface area contributed by atoms with E-state index in [1.54, 1.807) is 16.3 Å². The third-order valence-electron chi connectivity index (χ3n) is 5.25. The lowest BCUT2D eigenvalue weighted by Crippen LogP contribution is -2.30. The van der Waals surface area contributed by atoms with E-state index in [0.717, 1.165) is 38.1 Å². The van der Waals surface area contributed by atoms with E-state index in [1.165, 1.54) is 11.8 Å². The molecule has 4 aromatic rings. The molecule has 0 spiro atoms. The van der Waals surface area contributed by atoms with Crippen molar-refractivity contribution in [3.05, 3.63) is 65.5 Å². The minimum absolute atomic E-state index is 0.00361. The van der Waals surface area contributed by atoms with Gasteiger partial charge in [-0.2, -0.15) is 4.98 Å². The molecule has 2 aromatic carbocycles. The summed E-state index contributed by atoms with van der Waals surface area (Å²) < 4.78 is 1.75. The van der Waals surface area contributed by atoms with Crippen LogP contribution in [0.1, 0.15) is 17.0 Å². The zero-order valence-corrected chi connectivity index (χ0v) is 18.4. The number of carbonyl (C=O) groups is 1. The maximum Gasteiger partial charge on any atom is 0.253 e. The molecule has 0 N–H and O–H groups in total. The van der Waals surface area contributed by atoms with Crippen LogP contribution in [0.2, 0.25) is 0 Å². The lowest BCUT2D eigenvalue weighted by molar-refractivity contribution is -0.115. The summed E-state index contributed by atoms with van der Waals surface area (Å²) in [6, 6.07) is 16.0. The van der Waals surface area contributed by atoms with Gasteiger partial charge >= 0.3 is 0 Å². The zero-order chi connectivity index (χ0) is 20.8. The number of benzene rings is 2. The molecule has 1 aliphatic heterocycles. The Labute approximate surface area is 182 Å². The molecule has 0 saturated heterocycles. The second kappa shape index (κ2) is 7.45. The van der Waals surface area contributed by atoms with Crippen molar-refractivity contribution in [2.24, 2.45) is 0 Å². The highest BCUT2D eigenvalue weighted by Crippen LogP contribution is 2.48. The van der Waals surface area contributed by atoms with E-state index < -0.39 is 0 Å². The van der Waals surface area contributed by atoms with Crippen LogP contribution in [-0.4, -0.2) is 31.2 Å². The molecule has 0 fully saturated rings. The molecule has 2 aromatic heterocycles. The van der Waals surface area contributed by atoms with Gasteiger partial charge in [-0.25, -0.2) is 9.50 Å². The fraction of sp³-hybridized carbons (Fsp3) is 0.182. The number of hydrogen-bond donors (Lipinski definition) is 0. The second-order valence-corrected chi connectivity index (χ2v) is 9.10. The minimum atomic E-state index is -0.00361. The molecule has 0 bridgehead atoms. The largest absolute Gasteiger partial charge is 0.278 e. The molecule has 8 heteroatoms. The first kappa shape index (κ1) is 19.1. The van der Waals surface area contributed by atoms with Crippen molar-refractivity contribution in [1.29, 1.82) is 0 Å². The predicted molar refractivity (Wildman–Crippen MR) is 120 cm³/mol. The van der Waals surface area contributed by atoms with Gasteiger partial charge in [0.15, 0.2) is 0 Å². The maximum atomic E-state index is 13.3. The van der Waals surface area contributed by atoms with Crippen LogP contribution in [0.3, 0.4) is 0 Å². The normalized spacial score (nSPS) is 12.7. The van der Waals surface area contributed by atoms with Crippen LogP contribution in [0.4, 0.5) is 11.4 Å².